The van der Waals surface area contributed by atoms with Crippen LogP contribution in [0.2, 0.25) is 0 Å². The number of para-hydroxylation sites is 2. The van der Waals surface area contributed by atoms with E-state index < -0.39 is 27.1 Å². The molecule has 0 spiro atoms. The largest absolute Gasteiger partial charge is 0.490 e. The second kappa shape index (κ2) is 5.95. The van der Waals surface area contributed by atoms with Crippen molar-refractivity contribution in [1.29, 1.82) is 0 Å². The molecule has 1 amide bonds. The third-order valence-corrected chi connectivity index (χ3v) is 3.54. The van der Waals surface area contributed by atoms with Crippen molar-refractivity contribution in [3.05, 3.63) is 68.3 Å². The van der Waals surface area contributed by atoms with Crippen LogP contribution in [-0.4, -0.2) is 28.9 Å². The summed E-state index contributed by atoms with van der Waals surface area (Å²) >= 11 is 0. The van der Waals surface area contributed by atoms with Gasteiger partial charge in [0.2, 0.25) is 0 Å². The number of nitro benzene ring substituents is 2. The summed E-state index contributed by atoms with van der Waals surface area (Å²) in [7, 11) is 0. The van der Waals surface area contributed by atoms with Gasteiger partial charge in [-0.2, -0.15) is 0 Å². The van der Waals surface area contributed by atoms with Crippen molar-refractivity contribution < 1.29 is 19.4 Å². The molecule has 0 bridgehead atoms. The molecule has 9 nitrogen and oxygen atoms in total. The molecule has 0 N–H and O–H groups in total. The molecule has 122 valence electrons. The quantitative estimate of drug-likeness (QED) is 0.631. The SMILES string of the molecule is O=C(c1cc([N+](=O)[O-])cc([N+](=O)[O-])c1)N1CCOc2ccccc21. The van der Waals surface area contributed by atoms with Crippen LogP contribution in [0.4, 0.5) is 17.1 Å². The topological polar surface area (TPSA) is 116 Å². The number of non-ortho nitro benzene ring substituents is 2. The predicted octanol–water partition coefficient (Wildman–Crippen LogP) is 2.54. The summed E-state index contributed by atoms with van der Waals surface area (Å²) in [6.45, 7) is 0.506. The highest BCUT2D eigenvalue weighted by atomic mass is 16.6. The maximum absolute atomic E-state index is 12.7. The van der Waals surface area contributed by atoms with Crippen LogP contribution >= 0.6 is 0 Å². The Kier molecular flexibility index (Phi) is 3.82. The Morgan fingerprint density at radius 3 is 2.29 bits per heavy atom. The molecule has 0 atom stereocenters. The smallest absolute Gasteiger partial charge is 0.277 e. The molecule has 9 heteroatoms. The minimum absolute atomic E-state index is 0.118. The van der Waals surface area contributed by atoms with Crippen LogP contribution in [0.1, 0.15) is 10.4 Å². The van der Waals surface area contributed by atoms with Crippen LogP contribution in [0, 0.1) is 20.2 Å². The van der Waals surface area contributed by atoms with Crippen molar-refractivity contribution in [2.75, 3.05) is 18.1 Å². The van der Waals surface area contributed by atoms with Gasteiger partial charge < -0.3 is 9.64 Å². The normalized spacial score (nSPS) is 12.9. The van der Waals surface area contributed by atoms with E-state index in [-0.39, 0.29) is 18.7 Å². The molecule has 0 fully saturated rings. The number of hydrogen-bond donors (Lipinski definition) is 0. The zero-order valence-corrected chi connectivity index (χ0v) is 12.2. The summed E-state index contributed by atoms with van der Waals surface area (Å²) in [5.41, 5.74) is -0.612. The lowest BCUT2D eigenvalue weighted by Gasteiger charge is -2.29. The Hall–Kier alpha value is -3.49. The number of carbonyl (C=O) groups is 1. The van der Waals surface area contributed by atoms with Crippen LogP contribution in [0.3, 0.4) is 0 Å². The molecule has 0 saturated heterocycles. The van der Waals surface area contributed by atoms with Gasteiger partial charge in [0.15, 0.2) is 0 Å². The van der Waals surface area contributed by atoms with Crippen molar-refractivity contribution >= 4 is 23.0 Å². The highest BCUT2D eigenvalue weighted by Crippen LogP contribution is 2.33. The van der Waals surface area contributed by atoms with E-state index >= 15 is 0 Å². The van der Waals surface area contributed by atoms with E-state index in [2.05, 4.69) is 0 Å². The molecule has 1 aliphatic heterocycles. The van der Waals surface area contributed by atoms with Gasteiger partial charge in [-0.1, -0.05) is 12.1 Å². The fraction of sp³-hybridized carbons (Fsp3) is 0.133. The lowest BCUT2D eigenvalue weighted by atomic mass is 10.1. The molecule has 3 rings (SSSR count). The Morgan fingerprint density at radius 2 is 1.67 bits per heavy atom. The average molecular weight is 329 g/mol. The maximum atomic E-state index is 12.7. The summed E-state index contributed by atoms with van der Waals surface area (Å²) in [5.74, 6) is -0.0467. The van der Waals surface area contributed by atoms with E-state index in [1.807, 2.05) is 0 Å². The molecular weight excluding hydrogens is 318 g/mol. The average Bonchev–Trinajstić information content (AvgIpc) is 2.60. The van der Waals surface area contributed by atoms with Gasteiger partial charge in [0, 0.05) is 12.1 Å². The van der Waals surface area contributed by atoms with E-state index in [0.717, 1.165) is 18.2 Å². The van der Waals surface area contributed by atoms with Crippen LogP contribution in [0.5, 0.6) is 5.75 Å². The van der Waals surface area contributed by atoms with Gasteiger partial charge in [0.25, 0.3) is 17.3 Å². The molecule has 2 aromatic rings. The number of ether oxygens (including phenoxy) is 1. The second-order valence-corrected chi connectivity index (χ2v) is 5.03. The van der Waals surface area contributed by atoms with Crippen LogP contribution in [0.25, 0.3) is 0 Å². The van der Waals surface area contributed by atoms with Crippen molar-refractivity contribution in [3.8, 4) is 5.75 Å². The summed E-state index contributed by atoms with van der Waals surface area (Å²) in [4.78, 5) is 34.5. The standard InChI is InChI=1S/C15H11N3O6/c19-15(16-5-6-24-14-4-2-1-3-13(14)16)10-7-11(17(20)21)9-12(8-10)18(22)23/h1-4,7-9H,5-6H2. The number of nitrogens with zero attached hydrogens (tertiary/aromatic N) is 3. The van der Waals surface area contributed by atoms with Crippen molar-refractivity contribution in [1.82, 2.24) is 0 Å². The van der Waals surface area contributed by atoms with Crippen molar-refractivity contribution in [2.45, 2.75) is 0 Å². The van der Waals surface area contributed by atoms with Crippen LogP contribution in [-0.2, 0) is 0 Å². The first-order valence-electron chi connectivity index (χ1n) is 6.95. The Morgan fingerprint density at radius 1 is 1.04 bits per heavy atom. The molecule has 0 unspecified atom stereocenters. The molecule has 2 aromatic carbocycles. The number of nitro groups is 2. The van der Waals surface area contributed by atoms with E-state index in [0.29, 0.717) is 11.4 Å². The van der Waals surface area contributed by atoms with Gasteiger partial charge in [-0.05, 0) is 12.1 Å². The van der Waals surface area contributed by atoms with E-state index in [4.69, 9.17) is 4.74 Å². The number of fused-ring (bicyclic) bond motifs is 1. The first-order chi connectivity index (χ1) is 11.5. The van der Waals surface area contributed by atoms with Gasteiger partial charge in [0.05, 0.1) is 33.7 Å². The molecule has 24 heavy (non-hydrogen) atoms. The number of benzene rings is 2. The van der Waals surface area contributed by atoms with Crippen molar-refractivity contribution in [2.24, 2.45) is 0 Å². The predicted molar refractivity (Wildman–Crippen MR) is 83.4 cm³/mol. The number of anilines is 1. The Labute approximate surface area is 135 Å². The molecule has 0 aromatic heterocycles. The summed E-state index contributed by atoms with van der Waals surface area (Å²) in [6.07, 6.45) is 0. The molecule has 0 aliphatic carbocycles. The van der Waals surface area contributed by atoms with E-state index in [1.165, 1.54) is 4.90 Å². The van der Waals surface area contributed by atoms with E-state index in [9.17, 15) is 25.0 Å². The minimum atomic E-state index is -0.767. The number of amides is 1. The third-order valence-electron chi connectivity index (χ3n) is 3.54. The van der Waals surface area contributed by atoms with Crippen molar-refractivity contribution in [3.63, 3.8) is 0 Å². The fourth-order valence-electron chi connectivity index (χ4n) is 2.47. The summed E-state index contributed by atoms with van der Waals surface area (Å²) in [5, 5.41) is 21.9. The summed E-state index contributed by atoms with van der Waals surface area (Å²) < 4.78 is 5.45. The van der Waals surface area contributed by atoms with Crippen LogP contribution in [0.15, 0.2) is 42.5 Å². The molecule has 0 saturated carbocycles. The fourth-order valence-corrected chi connectivity index (χ4v) is 2.47. The highest BCUT2D eigenvalue weighted by Gasteiger charge is 2.27. The molecule has 1 aliphatic rings. The Balaban J connectivity index is 2.05. The Bertz CT molecular complexity index is 819. The molecular formula is C15H11N3O6. The van der Waals surface area contributed by atoms with Gasteiger partial charge in [-0.25, -0.2) is 0 Å². The summed E-state index contributed by atoms with van der Waals surface area (Å²) in [6, 6.07) is 9.75. The maximum Gasteiger partial charge on any atom is 0.277 e. The number of carbonyl (C=O) groups excluding carboxylic acids is 1. The third kappa shape index (κ3) is 2.74. The lowest BCUT2D eigenvalue weighted by Crippen LogP contribution is -2.37. The minimum Gasteiger partial charge on any atom is -0.490 e. The van der Waals surface area contributed by atoms with Gasteiger partial charge in [0.1, 0.15) is 12.4 Å². The lowest BCUT2D eigenvalue weighted by molar-refractivity contribution is -0.394. The zero-order valence-electron chi connectivity index (χ0n) is 12.2. The zero-order chi connectivity index (χ0) is 17.3. The first kappa shape index (κ1) is 15.4. The van der Waals surface area contributed by atoms with E-state index in [1.54, 1.807) is 24.3 Å². The van der Waals surface area contributed by atoms with Gasteiger partial charge in [-0.3, -0.25) is 25.0 Å². The number of rotatable bonds is 3. The highest BCUT2D eigenvalue weighted by molar-refractivity contribution is 6.07. The van der Waals surface area contributed by atoms with Crippen LogP contribution < -0.4 is 9.64 Å². The number of hydrogen-bond acceptors (Lipinski definition) is 6. The van der Waals surface area contributed by atoms with Gasteiger partial charge >= 0.3 is 0 Å². The molecule has 1 heterocycles. The second-order valence-electron chi connectivity index (χ2n) is 5.03. The monoisotopic (exact) mass is 329 g/mol. The van der Waals surface area contributed by atoms with Gasteiger partial charge in [-0.15, -0.1) is 0 Å². The molecule has 0 radical (unpaired) electrons. The first-order valence-corrected chi connectivity index (χ1v) is 6.95.